The Morgan fingerprint density at radius 2 is 1.35 bits per heavy atom. The summed E-state index contributed by atoms with van der Waals surface area (Å²) in [6, 6.07) is 15.6. The fraction of sp³-hybridized carbons (Fsp3) is 0.0769. The van der Waals surface area contributed by atoms with Crippen molar-refractivity contribution in [1.29, 1.82) is 0 Å². The van der Waals surface area contributed by atoms with Crippen molar-refractivity contribution in [3.63, 3.8) is 0 Å². The summed E-state index contributed by atoms with van der Waals surface area (Å²) < 4.78 is 37.2. The van der Waals surface area contributed by atoms with E-state index in [4.69, 9.17) is 0 Å². The van der Waals surface area contributed by atoms with Crippen molar-refractivity contribution in [2.75, 3.05) is 0 Å². The molecule has 0 radical (unpaired) electrons. The highest BCUT2D eigenvalue weighted by Gasteiger charge is 2.30. The summed E-state index contributed by atoms with van der Waals surface area (Å²) in [6.07, 6.45) is 0. The minimum absolute atomic E-state index is 0.0778. The van der Waals surface area contributed by atoms with Crippen LogP contribution in [0.2, 0.25) is 0 Å². The lowest BCUT2D eigenvalue weighted by Gasteiger charge is -2.10. The van der Waals surface area contributed by atoms with Crippen molar-refractivity contribution < 1.29 is 13.2 Å². The largest absolute Gasteiger partial charge is 0.446 e. The monoisotopic (exact) mass is 253 g/mol. The van der Waals surface area contributed by atoms with E-state index in [9.17, 15) is 13.2 Å². The number of benzene rings is 2. The Kier molecular flexibility index (Phi) is 3.43. The van der Waals surface area contributed by atoms with Gasteiger partial charge in [0.25, 0.3) is 0 Å². The zero-order valence-electron chi connectivity index (χ0n) is 8.74. The molecule has 0 aliphatic heterocycles. The maximum atomic E-state index is 12.4. The molecule has 0 nitrogen and oxygen atoms in total. The quantitative estimate of drug-likeness (QED) is 0.681. The van der Waals surface area contributed by atoms with Gasteiger partial charge in [0.2, 0.25) is 0 Å². The van der Waals surface area contributed by atoms with Crippen LogP contribution in [0.5, 0.6) is 0 Å². The Hall–Kier alpha value is -1.42. The minimum atomic E-state index is -4.26. The van der Waals surface area contributed by atoms with E-state index >= 15 is 0 Å². The van der Waals surface area contributed by atoms with E-state index in [-0.39, 0.29) is 16.7 Å². The van der Waals surface area contributed by atoms with Crippen LogP contribution < -0.4 is 0 Å². The fourth-order valence-electron chi connectivity index (χ4n) is 1.54. The SMILES string of the molecule is FC(F)([18F])Sc1ccccc1-c1ccccc1. The number of hydrogen-bond acceptors (Lipinski definition) is 1. The molecular formula is C13H9F3S. The van der Waals surface area contributed by atoms with Crippen LogP contribution in [0.3, 0.4) is 0 Å². The molecule has 0 saturated heterocycles. The molecule has 0 fully saturated rings. The second-order valence-corrected chi connectivity index (χ2v) is 4.52. The molecule has 0 N–H and O–H groups in total. The Morgan fingerprint density at radius 1 is 0.765 bits per heavy atom. The summed E-state index contributed by atoms with van der Waals surface area (Å²) in [6.45, 7) is 0. The molecule has 0 heterocycles. The first-order valence-corrected chi connectivity index (χ1v) is 5.78. The molecule has 2 aromatic carbocycles. The summed E-state index contributed by atoms with van der Waals surface area (Å²) in [7, 11) is 0. The normalized spacial score (nSPS) is 11.5. The van der Waals surface area contributed by atoms with Gasteiger partial charge in [-0.1, -0.05) is 48.5 Å². The van der Waals surface area contributed by atoms with Crippen LogP contribution in [-0.4, -0.2) is 5.51 Å². The molecule has 0 spiro atoms. The van der Waals surface area contributed by atoms with E-state index in [1.165, 1.54) is 6.07 Å². The Bertz CT molecular complexity index is 492. The van der Waals surface area contributed by atoms with Gasteiger partial charge in [-0.3, -0.25) is 0 Å². The van der Waals surface area contributed by atoms with Crippen molar-refractivity contribution in [3.05, 3.63) is 54.6 Å². The molecule has 2 rings (SSSR count). The van der Waals surface area contributed by atoms with Crippen molar-refractivity contribution in [3.8, 4) is 11.1 Å². The van der Waals surface area contributed by atoms with Crippen LogP contribution in [-0.2, 0) is 0 Å². The zero-order valence-corrected chi connectivity index (χ0v) is 9.55. The van der Waals surface area contributed by atoms with E-state index in [0.29, 0.717) is 5.56 Å². The maximum absolute atomic E-state index is 12.4. The molecule has 17 heavy (non-hydrogen) atoms. The zero-order chi connectivity index (χ0) is 12.3. The third kappa shape index (κ3) is 3.27. The van der Waals surface area contributed by atoms with E-state index < -0.39 is 5.51 Å². The second-order valence-electron chi connectivity index (χ2n) is 3.41. The molecule has 0 saturated carbocycles. The van der Waals surface area contributed by atoms with Gasteiger partial charge in [0, 0.05) is 4.90 Å². The third-order valence-electron chi connectivity index (χ3n) is 2.20. The van der Waals surface area contributed by atoms with Gasteiger partial charge in [0.1, 0.15) is 0 Å². The van der Waals surface area contributed by atoms with Crippen LogP contribution in [0, 0.1) is 0 Å². The molecule has 0 aliphatic rings. The Labute approximate surface area is 101 Å². The smallest absolute Gasteiger partial charge is 0.160 e. The highest BCUT2D eigenvalue weighted by Crippen LogP contribution is 2.41. The first-order valence-electron chi connectivity index (χ1n) is 4.96. The summed E-state index contributed by atoms with van der Waals surface area (Å²) in [5.41, 5.74) is -2.86. The molecular weight excluding hydrogens is 244 g/mol. The molecule has 88 valence electrons. The minimum Gasteiger partial charge on any atom is -0.160 e. The van der Waals surface area contributed by atoms with Gasteiger partial charge >= 0.3 is 5.51 Å². The Morgan fingerprint density at radius 3 is 2.00 bits per heavy atom. The summed E-state index contributed by atoms with van der Waals surface area (Å²) in [4.78, 5) is 0.228. The second kappa shape index (κ2) is 4.84. The molecule has 0 atom stereocenters. The molecule has 0 unspecified atom stereocenters. The lowest BCUT2D eigenvalue weighted by Crippen LogP contribution is -1.99. The number of hydrogen-bond donors (Lipinski definition) is 0. The number of rotatable bonds is 2. The number of alkyl halides is 3. The molecule has 0 bridgehead atoms. The predicted molar refractivity (Wildman–Crippen MR) is 63.8 cm³/mol. The summed E-state index contributed by atoms with van der Waals surface area (Å²) >= 11 is -0.0778. The first kappa shape index (κ1) is 12.0. The van der Waals surface area contributed by atoms with Crippen molar-refractivity contribution in [2.24, 2.45) is 0 Å². The van der Waals surface area contributed by atoms with Gasteiger partial charge in [-0.25, -0.2) is 0 Å². The average Bonchev–Trinajstić information content (AvgIpc) is 2.29. The predicted octanol–water partition coefficient (Wildman–Crippen LogP) is 4.97. The lowest BCUT2D eigenvalue weighted by atomic mass is 10.1. The van der Waals surface area contributed by atoms with Crippen molar-refractivity contribution >= 4 is 11.8 Å². The first-order chi connectivity index (χ1) is 8.06. The number of halogens is 3. The van der Waals surface area contributed by atoms with Crippen molar-refractivity contribution in [1.82, 2.24) is 0 Å². The average molecular weight is 253 g/mol. The van der Waals surface area contributed by atoms with Crippen LogP contribution >= 0.6 is 11.8 Å². The van der Waals surface area contributed by atoms with Gasteiger partial charge in [-0.15, -0.1) is 0 Å². The molecule has 0 aliphatic carbocycles. The highest BCUT2D eigenvalue weighted by atomic mass is 32.2. The van der Waals surface area contributed by atoms with E-state index in [2.05, 4.69) is 0 Å². The van der Waals surface area contributed by atoms with Gasteiger partial charge < -0.3 is 0 Å². The lowest BCUT2D eigenvalue weighted by molar-refractivity contribution is -0.0327. The van der Waals surface area contributed by atoms with E-state index in [1.54, 1.807) is 30.3 Å². The highest BCUT2D eigenvalue weighted by molar-refractivity contribution is 8.00. The molecule has 0 amide bonds. The van der Waals surface area contributed by atoms with E-state index in [0.717, 1.165) is 5.56 Å². The maximum Gasteiger partial charge on any atom is 0.446 e. The Balaban J connectivity index is 2.41. The van der Waals surface area contributed by atoms with Gasteiger partial charge in [-0.05, 0) is 29.0 Å². The third-order valence-corrected chi connectivity index (χ3v) is 3.00. The number of thioether (sulfide) groups is 1. The van der Waals surface area contributed by atoms with Crippen molar-refractivity contribution in [2.45, 2.75) is 10.4 Å². The van der Waals surface area contributed by atoms with Gasteiger partial charge in [-0.2, -0.15) is 13.2 Å². The summed E-state index contributed by atoms with van der Waals surface area (Å²) in [5.74, 6) is 0. The molecule has 2 aromatic rings. The van der Waals surface area contributed by atoms with Crippen LogP contribution in [0.25, 0.3) is 11.1 Å². The summed E-state index contributed by atoms with van der Waals surface area (Å²) in [5, 5.41) is 0. The van der Waals surface area contributed by atoms with E-state index in [1.807, 2.05) is 18.2 Å². The van der Waals surface area contributed by atoms with Crippen LogP contribution in [0.1, 0.15) is 0 Å². The molecule has 4 heteroatoms. The van der Waals surface area contributed by atoms with Gasteiger partial charge in [0.05, 0.1) is 0 Å². The molecule has 0 aromatic heterocycles. The standard InChI is InChI=1S/C13H9F3S/c14-13(15,16)17-12-9-5-4-8-11(12)10-6-2-1-3-7-10/h1-9H/i14-1. The van der Waals surface area contributed by atoms with Crippen LogP contribution in [0.4, 0.5) is 13.2 Å². The topological polar surface area (TPSA) is 0 Å². The fourth-order valence-corrected chi connectivity index (χ4v) is 2.23. The van der Waals surface area contributed by atoms with Crippen LogP contribution in [0.15, 0.2) is 59.5 Å². The van der Waals surface area contributed by atoms with Gasteiger partial charge in [0.15, 0.2) is 0 Å².